The van der Waals surface area contributed by atoms with E-state index in [9.17, 15) is 0 Å². The summed E-state index contributed by atoms with van der Waals surface area (Å²) in [4.78, 5) is 0.883. The molecule has 0 fully saturated rings. The highest BCUT2D eigenvalue weighted by atomic mass is 32.1. The van der Waals surface area contributed by atoms with E-state index in [4.69, 9.17) is 5.26 Å². The molecule has 2 N–H and O–H groups in total. The van der Waals surface area contributed by atoms with Crippen LogP contribution >= 0.6 is 12.6 Å². The van der Waals surface area contributed by atoms with Crippen LogP contribution in [0.3, 0.4) is 0 Å². The fraction of sp³-hybridized carbons (Fsp3) is 0. The van der Waals surface area contributed by atoms with Gasteiger partial charge in [0, 0.05) is 4.90 Å². The van der Waals surface area contributed by atoms with E-state index in [0.29, 0.717) is 5.56 Å². The summed E-state index contributed by atoms with van der Waals surface area (Å²) in [7, 11) is 0. The van der Waals surface area contributed by atoms with Crippen molar-refractivity contribution >= 4 is 12.6 Å². The van der Waals surface area contributed by atoms with Crippen molar-refractivity contribution in [2.24, 2.45) is 0 Å². The lowest BCUT2D eigenvalue weighted by molar-refractivity contribution is 0.824. The Labute approximate surface area is 64.8 Å². The van der Waals surface area contributed by atoms with Gasteiger partial charge in [0.05, 0.1) is 11.6 Å². The first kappa shape index (κ1) is 9.02. The molecule has 1 rings (SSSR count). The van der Waals surface area contributed by atoms with E-state index >= 15 is 0 Å². The van der Waals surface area contributed by atoms with Crippen molar-refractivity contribution in [2.45, 2.75) is 4.90 Å². The molecule has 0 aliphatic carbocycles. The lowest BCUT2D eigenvalue weighted by Crippen LogP contribution is -1.69. The van der Waals surface area contributed by atoms with E-state index in [1.54, 1.807) is 24.3 Å². The fourth-order valence-corrected chi connectivity index (χ4v) is 0.685. The lowest BCUT2D eigenvalue weighted by atomic mass is 10.2. The average Bonchev–Trinajstić information content (AvgIpc) is 1.90. The van der Waals surface area contributed by atoms with Crippen LogP contribution in [-0.4, -0.2) is 5.48 Å². The molecule has 52 valence electrons. The maximum absolute atomic E-state index is 8.35. The molecule has 0 bridgehead atoms. The monoisotopic (exact) mass is 153 g/mol. The molecule has 0 aliphatic rings. The molecule has 0 unspecified atom stereocenters. The number of nitrogens with zero attached hydrogens (tertiary/aromatic N) is 1. The maximum atomic E-state index is 8.35. The predicted molar refractivity (Wildman–Crippen MR) is 42.0 cm³/mol. The number of benzene rings is 1. The molecule has 2 nitrogen and oxygen atoms in total. The summed E-state index contributed by atoms with van der Waals surface area (Å²) in [5.74, 6) is 0. The van der Waals surface area contributed by atoms with Gasteiger partial charge in [-0.25, -0.2) is 0 Å². The second-order valence-corrected chi connectivity index (χ2v) is 2.18. The first-order valence-electron chi connectivity index (χ1n) is 2.52. The summed E-state index contributed by atoms with van der Waals surface area (Å²) in [6.07, 6.45) is 0. The van der Waals surface area contributed by atoms with Crippen molar-refractivity contribution in [1.82, 2.24) is 0 Å². The van der Waals surface area contributed by atoms with Gasteiger partial charge in [-0.3, -0.25) is 0 Å². The zero-order chi connectivity index (χ0) is 6.69. The molecule has 10 heavy (non-hydrogen) atoms. The molecule has 0 amide bonds. The van der Waals surface area contributed by atoms with E-state index in [2.05, 4.69) is 12.6 Å². The first-order chi connectivity index (χ1) is 4.33. The van der Waals surface area contributed by atoms with Gasteiger partial charge in [-0.2, -0.15) is 5.26 Å². The van der Waals surface area contributed by atoms with Crippen molar-refractivity contribution < 1.29 is 5.48 Å². The van der Waals surface area contributed by atoms with Crippen molar-refractivity contribution in [3.05, 3.63) is 29.8 Å². The number of rotatable bonds is 0. The molecular formula is C7H7NOS. The number of hydrogen-bond acceptors (Lipinski definition) is 2. The standard InChI is InChI=1S/C7H5NS.H2O/c8-5-6-1-3-7(9)4-2-6;/h1-4,9H;1H2. The molecule has 0 atom stereocenters. The molecular weight excluding hydrogens is 146 g/mol. The highest BCUT2D eigenvalue weighted by Crippen LogP contribution is 2.05. The zero-order valence-electron chi connectivity index (χ0n) is 5.20. The number of thiol groups is 1. The van der Waals surface area contributed by atoms with Crippen LogP contribution in [0.1, 0.15) is 5.56 Å². The Morgan fingerprint density at radius 3 is 2.10 bits per heavy atom. The normalized spacial score (nSPS) is 7.60. The molecule has 0 aromatic heterocycles. The second-order valence-electron chi connectivity index (χ2n) is 1.66. The van der Waals surface area contributed by atoms with Crippen LogP contribution in [-0.2, 0) is 0 Å². The van der Waals surface area contributed by atoms with E-state index in [0.717, 1.165) is 4.90 Å². The number of hydrogen-bond donors (Lipinski definition) is 1. The van der Waals surface area contributed by atoms with Crippen molar-refractivity contribution in [2.75, 3.05) is 0 Å². The smallest absolute Gasteiger partial charge is 0.0991 e. The van der Waals surface area contributed by atoms with Crippen LogP contribution < -0.4 is 0 Å². The Morgan fingerprint density at radius 1 is 1.20 bits per heavy atom. The molecule has 0 heterocycles. The van der Waals surface area contributed by atoms with Gasteiger partial charge in [-0.1, -0.05) is 0 Å². The van der Waals surface area contributed by atoms with E-state index < -0.39 is 0 Å². The summed E-state index contributed by atoms with van der Waals surface area (Å²) >= 11 is 4.06. The molecule has 0 spiro atoms. The van der Waals surface area contributed by atoms with Crippen LogP contribution in [0.2, 0.25) is 0 Å². The van der Waals surface area contributed by atoms with E-state index in [-0.39, 0.29) is 5.48 Å². The highest BCUT2D eigenvalue weighted by Gasteiger charge is 1.85. The lowest BCUT2D eigenvalue weighted by Gasteiger charge is -1.87. The van der Waals surface area contributed by atoms with Crippen LogP contribution in [0.15, 0.2) is 29.2 Å². The second kappa shape index (κ2) is 3.94. The molecule has 0 saturated heterocycles. The minimum Gasteiger partial charge on any atom is -0.412 e. The molecule has 0 radical (unpaired) electrons. The van der Waals surface area contributed by atoms with E-state index in [1.165, 1.54) is 0 Å². The van der Waals surface area contributed by atoms with Crippen molar-refractivity contribution in [3.8, 4) is 6.07 Å². The average molecular weight is 153 g/mol. The van der Waals surface area contributed by atoms with Crippen LogP contribution in [0.25, 0.3) is 0 Å². The maximum Gasteiger partial charge on any atom is 0.0991 e. The largest absolute Gasteiger partial charge is 0.412 e. The minimum atomic E-state index is 0. The first-order valence-corrected chi connectivity index (χ1v) is 2.97. The Hall–Kier alpha value is -0.980. The Balaban J connectivity index is 0.000000810. The molecule has 1 aromatic carbocycles. The molecule has 3 heteroatoms. The van der Waals surface area contributed by atoms with Crippen LogP contribution in [0.4, 0.5) is 0 Å². The van der Waals surface area contributed by atoms with Gasteiger partial charge in [0.1, 0.15) is 0 Å². The SMILES string of the molecule is N#Cc1ccc(S)cc1.O. The van der Waals surface area contributed by atoms with Gasteiger partial charge in [-0.05, 0) is 24.3 Å². The summed E-state index contributed by atoms with van der Waals surface area (Å²) in [5, 5.41) is 8.35. The molecule has 1 aromatic rings. The van der Waals surface area contributed by atoms with Crippen LogP contribution in [0, 0.1) is 11.3 Å². The molecule has 0 saturated carbocycles. The van der Waals surface area contributed by atoms with Gasteiger partial charge in [-0.15, -0.1) is 12.6 Å². The Kier molecular flexibility index (Phi) is 3.55. The third-order valence-corrected chi connectivity index (χ3v) is 1.29. The summed E-state index contributed by atoms with van der Waals surface area (Å²) in [6, 6.07) is 9.08. The minimum absolute atomic E-state index is 0. The quantitative estimate of drug-likeness (QED) is 0.556. The van der Waals surface area contributed by atoms with Crippen molar-refractivity contribution in [1.29, 1.82) is 5.26 Å². The van der Waals surface area contributed by atoms with Crippen LogP contribution in [0.5, 0.6) is 0 Å². The summed E-state index contributed by atoms with van der Waals surface area (Å²) in [5.41, 5.74) is 0.674. The van der Waals surface area contributed by atoms with Gasteiger partial charge in [0.25, 0.3) is 0 Å². The van der Waals surface area contributed by atoms with Gasteiger partial charge in [0.2, 0.25) is 0 Å². The fourth-order valence-electron chi connectivity index (χ4n) is 0.536. The van der Waals surface area contributed by atoms with Gasteiger partial charge >= 0.3 is 0 Å². The number of nitriles is 1. The predicted octanol–water partition coefficient (Wildman–Crippen LogP) is 1.02. The molecule has 0 aliphatic heterocycles. The van der Waals surface area contributed by atoms with E-state index in [1.807, 2.05) is 6.07 Å². The summed E-state index contributed by atoms with van der Waals surface area (Å²) in [6.45, 7) is 0. The Morgan fingerprint density at radius 2 is 1.70 bits per heavy atom. The zero-order valence-corrected chi connectivity index (χ0v) is 6.10. The third kappa shape index (κ3) is 2.09. The highest BCUT2D eigenvalue weighted by molar-refractivity contribution is 7.80. The van der Waals surface area contributed by atoms with Gasteiger partial charge in [0.15, 0.2) is 0 Å². The topological polar surface area (TPSA) is 55.3 Å². The third-order valence-electron chi connectivity index (χ3n) is 0.996. The summed E-state index contributed by atoms with van der Waals surface area (Å²) < 4.78 is 0. The van der Waals surface area contributed by atoms with Crippen molar-refractivity contribution in [3.63, 3.8) is 0 Å². The van der Waals surface area contributed by atoms with Gasteiger partial charge < -0.3 is 5.48 Å². The Bertz CT molecular complexity index is 237.